The Morgan fingerprint density at radius 3 is 2.34 bits per heavy atom. The van der Waals surface area contributed by atoms with Crippen LogP contribution < -0.4 is 15.7 Å². The number of rotatable bonds is 4. The number of benzene rings is 3. The maximum absolute atomic E-state index is 13.1. The van der Waals surface area contributed by atoms with Crippen molar-refractivity contribution in [3.8, 4) is 16.9 Å². The number of hydrogen-bond donors (Lipinski definition) is 1. The van der Waals surface area contributed by atoms with E-state index < -0.39 is 11.5 Å². The Morgan fingerprint density at radius 2 is 1.66 bits per heavy atom. The van der Waals surface area contributed by atoms with E-state index >= 15 is 0 Å². The molecule has 0 bridgehead atoms. The average Bonchev–Trinajstić information content (AvgIpc) is 2.74. The summed E-state index contributed by atoms with van der Waals surface area (Å²) in [5, 5.41) is 4.15. The van der Waals surface area contributed by atoms with Crippen molar-refractivity contribution >= 4 is 34.0 Å². The summed E-state index contributed by atoms with van der Waals surface area (Å²) in [6.45, 7) is 0. The second kappa shape index (κ2) is 7.81. The number of hydrogen-bond acceptors (Lipinski definition) is 4. The smallest absolute Gasteiger partial charge is 0.344 e. The second-order valence-corrected chi connectivity index (χ2v) is 6.72. The Kier molecular flexibility index (Phi) is 5.06. The number of carbonyl (C=O) groups is 1. The summed E-state index contributed by atoms with van der Waals surface area (Å²) in [7, 11) is 1.51. The van der Waals surface area contributed by atoms with Gasteiger partial charge >= 0.3 is 5.63 Å². The van der Waals surface area contributed by atoms with E-state index in [1.807, 2.05) is 36.4 Å². The molecule has 0 fully saturated rings. The number of carbonyl (C=O) groups excluding carboxylic acids is 1. The molecule has 1 amide bonds. The Labute approximate surface area is 171 Å². The number of fused-ring (bicyclic) bond motifs is 1. The zero-order valence-electron chi connectivity index (χ0n) is 15.4. The third-order valence-electron chi connectivity index (χ3n) is 4.52. The standard InChI is InChI=1S/C23H16ClNO4/c1-28-19-12-11-15(13-18(19)24)25-22(26)21-20(14-7-3-2-4-8-14)16-9-5-6-10-17(16)23(27)29-21/h2-13H,1H3,(H,25,26). The van der Waals surface area contributed by atoms with E-state index in [0.29, 0.717) is 32.8 Å². The minimum Gasteiger partial charge on any atom is -0.495 e. The van der Waals surface area contributed by atoms with Gasteiger partial charge in [-0.15, -0.1) is 0 Å². The van der Waals surface area contributed by atoms with Crippen LogP contribution >= 0.6 is 11.6 Å². The van der Waals surface area contributed by atoms with E-state index in [0.717, 1.165) is 5.56 Å². The van der Waals surface area contributed by atoms with Gasteiger partial charge in [0.05, 0.1) is 17.5 Å². The molecule has 0 spiro atoms. The summed E-state index contributed by atoms with van der Waals surface area (Å²) >= 11 is 6.14. The highest BCUT2D eigenvalue weighted by molar-refractivity contribution is 6.32. The van der Waals surface area contributed by atoms with E-state index in [9.17, 15) is 9.59 Å². The van der Waals surface area contributed by atoms with Crippen molar-refractivity contribution in [2.75, 3.05) is 12.4 Å². The first-order valence-electron chi connectivity index (χ1n) is 8.84. The molecule has 0 atom stereocenters. The van der Waals surface area contributed by atoms with Crippen LogP contribution in [-0.4, -0.2) is 13.0 Å². The summed E-state index contributed by atoms with van der Waals surface area (Å²) < 4.78 is 10.6. The Bertz CT molecular complexity index is 1270. The largest absolute Gasteiger partial charge is 0.495 e. The van der Waals surface area contributed by atoms with Gasteiger partial charge in [-0.1, -0.05) is 60.1 Å². The molecule has 144 valence electrons. The number of halogens is 1. The normalized spacial score (nSPS) is 10.7. The van der Waals surface area contributed by atoms with Crippen LogP contribution in [0.5, 0.6) is 5.75 Å². The van der Waals surface area contributed by atoms with Gasteiger partial charge in [-0.3, -0.25) is 4.79 Å². The van der Waals surface area contributed by atoms with Gasteiger partial charge < -0.3 is 14.5 Å². The minimum absolute atomic E-state index is 0.0631. The number of amides is 1. The van der Waals surface area contributed by atoms with Crippen molar-refractivity contribution < 1.29 is 13.9 Å². The van der Waals surface area contributed by atoms with Gasteiger partial charge in [0.2, 0.25) is 5.76 Å². The predicted molar refractivity (Wildman–Crippen MR) is 114 cm³/mol. The fourth-order valence-electron chi connectivity index (χ4n) is 3.18. The van der Waals surface area contributed by atoms with Crippen LogP contribution in [0, 0.1) is 0 Å². The predicted octanol–water partition coefficient (Wildman–Crippen LogP) is 5.37. The summed E-state index contributed by atoms with van der Waals surface area (Å²) in [6, 6.07) is 21.3. The number of nitrogens with one attached hydrogen (secondary N) is 1. The molecule has 3 aromatic carbocycles. The van der Waals surface area contributed by atoms with E-state index in [1.165, 1.54) is 7.11 Å². The first kappa shape index (κ1) is 18.8. The third kappa shape index (κ3) is 3.60. The quantitative estimate of drug-likeness (QED) is 0.495. The fourth-order valence-corrected chi connectivity index (χ4v) is 3.44. The van der Waals surface area contributed by atoms with Crippen molar-refractivity contribution in [3.05, 3.63) is 94.0 Å². The monoisotopic (exact) mass is 405 g/mol. The molecule has 0 aliphatic carbocycles. The molecule has 1 N–H and O–H groups in total. The molecule has 0 radical (unpaired) electrons. The van der Waals surface area contributed by atoms with Crippen LogP contribution in [0.2, 0.25) is 5.02 Å². The first-order chi connectivity index (χ1) is 14.1. The second-order valence-electron chi connectivity index (χ2n) is 6.31. The third-order valence-corrected chi connectivity index (χ3v) is 4.81. The molecule has 4 rings (SSSR count). The zero-order valence-corrected chi connectivity index (χ0v) is 16.2. The Balaban J connectivity index is 1.86. The Hall–Kier alpha value is -3.57. The molecule has 6 heteroatoms. The molecular formula is C23H16ClNO4. The lowest BCUT2D eigenvalue weighted by Crippen LogP contribution is -2.17. The molecule has 1 heterocycles. The lowest BCUT2D eigenvalue weighted by atomic mass is 9.98. The van der Waals surface area contributed by atoms with Crippen molar-refractivity contribution in [2.24, 2.45) is 0 Å². The van der Waals surface area contributed by atoms with Crippen molar-refractivity contribution in [2.45, 2.75) is 0 Å². The molecule has 4 aromatic rings. The van der Waals surface area contributed by atoms with Gasteiger partial charge in [0.15, 0.2) is 0 Å². The molecule has 5 nitrogen and oxygen atoms in total. The van der Waals surface area contributed by atoms with Crippen molar-refractivity contribution in [1.82, 2.24) is 0 Å². The van der Waals surface area contributed by atoms with E-state index in [1.54, 1.807) is 36.4 Å². The average molecular weight is 406 g/mol. The number of ether oxygens (including phenoxy) is 1. The van der Waals surface area contributed by atoms with Gasteiger partial charge in [0, 0.05) is 16.6 Å². The molecule has 0 saturated carbocycles. The summed E-state index contributed by atoms with van der Waals surface area (Å²) in [5.74, 6) is -0.119. The topological polar surface area (TPSA) is 68.5 Å². The van der Waals surface area contributed by atoms with Gasteiger partial charge in [-0.05, 0) is 29.8 Å². The van der Waals surface area contributed by atoms with Crippen LogP contribution in [0.15, 0.2) is 82.0 Å². The SMILES string of the molecule is COc1ccc(NC(=O)c2oc(=O)c3ccccc3c2-c2ccccc2)cc1Cl. The maximum Gasteiger partial charge on any atom is 0.344 e. The minimum atomic E-state index is -0.571. The summed E-state index contributed by atoms with van der Waals surface area (Å²) in [6.07, 6.45) is 0. The van der Waals surface area contributed by atoms with Crippen LogP contribution in [0.25, 0.3) is 21.9 Å². The van der Waals surface area contributed by atoms with Crippen LogP contribution in [0.1, 0.15) is 10.6 Å². The molecule has 0 aliphatic rings. The van der Waals surface area contributed by atoms with E-state index in [2.05, 4.69) is 5.32 Å². The summed E-state index contributed by atoms with van der Waals surface area (Å²) in [4.78, 5) is 25.5. The first-order valence-corrected chi connectivity index (χ1v) is 9.22. The van der Waals surface area contributed by atoms with Gasteiger partial charge in [0.1, 0.15) is 5.75 Å². The van der Waals surface area contributed by atoms with Gasteiger partial charge in [-0.2, -0.15) is 0 Å². The highest BCUT2D eigenvalue weighted by Crippen LogP contribution is 2.32. The number of anilines is 1. The van der Waals surface area contributed by atoms with E-state index in [4.69, 9.17) is 20.8 Å². The van der Waals surface area contributed by atoms with Crippen LogP contribution in [-0.2, 0) is 0 Å². The van der Waals surface area contributed by atoms with Crippen molar-refractivity contribution in [3.63, 3.8) is 0 Å². The van der Waals surface area contributed by atoms with Gasteiger partial charge in [0.25, 0.3) is 5.91 Å². The fraction of sp³-hybridized carbons (Fsp3) is 0.0435. The number of methoxy groups -OCH3 is 1. The molecule has 1 aromatic heterocycles. The molecule has 29 heavy (non-hydrogen) atoms. The molecular weight excluding hydrogens is 390 g/mol. The molecule has 0 aliphatic heterocycles. The van der Waals surface area contributed by atoms with Crippen LogP contribution in [0.4, 0.5) is 5.69 Å². The maximum atomic E-state index is 13.1. The lowest BCUT2D eigenvalue weighted by molar-refractivity contribution is 0.0994. The van der Waals surface area contributed by atoms with Crippen molar-refractivity contribution in [1.29, 1.82) is 0 Å². The lowest BCUT2D eigenvalue weighted by Gasteiger charge is -2.12. The van der Waals surface area contributed by atoms with E-state index in [-0.39, 0.29) is 5.76 Å². The zero-order chi connectivity index (χ0) is 20.4. The highest BCUT2D eigenvalue weighted by atomic mass is 35.5. The Morgan fingerprint density at radius 1 is 0.966 bits per heavy atom. The molecule has 0 unspecified atom stereocenters. The van der Waals surface area contributed by atoms with Crippen LogP contribution in [0.3, 0.4) is 0 Å². The van der Waals surface area contributed by atoms with Gasteiger partial charge in [-0.25, -0.2) is 4.79 Å². The highest BCUT2D eigenvalue weighted by Gasteiger charge is 2.21. The molecule has 0 saturated heterocycles. The summed E-state index contributed by atoms with van der Waals surface area (Å²) in [5.41, 5.74) is 1.21.